The Balaban J connectivity index is 1.68. The second-order valence-corrected chi connectivity index (χ2v) is 8.96. The summed E-state index contributed by atoms with van der Waals surface area (Å²) >= 11 is 4.59. The minimum absolute atomic E-state index is 0.267. The van der Waals surface area contributed by atoms with Crippen molar-refractivity contribution in [2.75, 3.05) is 6.54 Å². The summed E-state index contributed by atoms with van der Waals surface area (Å²) < 4.78 is 0.823. The predicted molar refractivity (Wildman–Crippen MR) is 108 cm³/mol. The van der Waals surface area contributed by atoms with Crippen molar-refractivity contribution in [3.63, 3.8) is 0 Å². The van der Waals surface area contributed by atoms with E-state index < -0.39 is 17.5 Å². The van der Waals surface area contributed by atoms with Crippen LogP contribution in [-0.4, -0.2) is 29.2 Å². The van der Waals surface area contributed by atoms with E-state index in [2.05, 4.69) is 21.2 Å². The monoisotopic (exact) mass is 442 g/mol. The van der Waals surface area contributed by atoms with E-state index in [0.717, 1.165) is 19.5 Å². The van der Waals surface area contributed by atoms with Crippen molar-refractivity contribution in [3.8, 4) is 0 Å². The van der Waals surface area contributed by atoms with Gasteiger partial charge in [0.2, 0.25) is 0 Å². The van der Waals surface area contributed by atoms with E-state index in [4.69, 9.17) is 0 Å². The average Bonchev–Trinajstić information content (AvgIpc) is 3.19. The molecule has 5 nitrogen and oxygen atoms in total. The van der Waals surface area contributed by atoms with E-state index >= 15 is 0 Å². The van der Waals surface area contributed by atoms with Crippen LogP contribution in [0.3, 0.4) is 0 Å². The van der Waals surface area contributed by atoms with Crippen molar-refractivity contribution < 1.29 is 14.4 Å². The number of fused-ring (bicyclic) bond motifs is 1. The lowest BCUT2D eigenvalue weighted by atomic mass is 9.88. The number of imide groups is 1. The number of urea groups is 1. The topological polar surface area (TPSA) is 66.5 Å². The number of hydrogen-bond acceptors (Lipinski definition) is 4. The quantitative estimate of drug-likeness (QED) is 0.483. The number of thiophene rings is 1. The first-order valence-corrected chi connectivity index (χ1v) is 9.92. The zero-order valence-corrected chi connectivity index (χ0v) is 16.8. The van der Waals surface area contributed by atoms with Gasteiger partial charge in [0, 0.05) is 0 Å². The number of amides is 3. The molecule has 0 aliphatic carbocycles. The van der Waals surface area contributed by atoms with Gasteiger partial charge in [0.1, 0.15) is 5.54 Å². The SMILES string of the molecule is C[C@@]1(c2cccc3ccccc23)NC(=O)N(CC(=O)c2ccc(Br)s2)C1=O. The predicted octanol–water partition coefficient (Wildman–Crippen LogP) is 4.31. The Hall–Kier alpha value is -2.51. The Kier molecular flexibility index (Phi) is 4.36. The number of nitrogens with one attached hydrogen (secondary N) is 1. The molecule has 1 N–H and O–H groups in total. The standard InChI is InChI=1S/C20H15BrN2O3S/c1-20(14-8-4-6-12-5-2-3-7-13(12)14)18(25)23(19(26)22-20)11-15(24)16-9-10-17(21)27-16/h2-10H,11H2,1H3,(H,22,26)/t20-/m0/s1. The fourth-order valence-corrected chi connectivity index (χ4v) is 4.69. The molecule has 27 heavy (non-hydrogen) atoms. The van der Waals surface area contributed by atoms with Crippen LogP contribution in [0, 0.1) is 0 Å². The Morgan fingerprint density at radius 2 is 1.85 bits per heavy atom. The molecule has 1 aliphatic heterocycles. The van der Waals surface area contributed by atoms with Crippen molar-refractivity contribution in [1.82, 2.24) is 10.2 Å². The molecule has 0 radical (unpaired) electrons. The van der Waals surface area contributed by atoms with Crippen LogP contribution in [-0.2, 0) is 10.3 Å². The second-order valence-electron chi connectivity index (χ2n) is 6.50. The van der Waals surface area contributed by atoms with Crippen LogP contribution in [0.25, 0.3) is 10.8 Å². The van der Waals surface area contributed by atoms with E-state index in [-0.39, 0.29) is 12.3 Å². The molecule has 1 saturated heterocycles. The summed E-state index contributed by atoms with van der Waals surface area (Å²) in [5.41, 5.74) is -0.499. The summed E-state index contributed by atoms with van der Waals surface area (Å²) in [5, 5.41) is 4.66. The molecule has 1 atom stereocenters. The van der Waals surface area contributed by atoms with Crippen LogP contribution in [0.15, 0.2) is 58.4 Å². The number of halogens is 1. The maximum absolute atomic E-state index is 13.1. The van der Waals surface area contributed by atoms with Gasteiger partial charge in [-0.3, -0.25) is 14.5 Å². The summed E-state index contributed by atoms with van der Waals surface area (Å²) in [6, 6.07) is 16.2. The molecule has 0 spiro atoms. The van der Waals surface area contributed by atoms with Gasteiger partial charge in [-0.25, -0.2) is 4.79 Å². The number of carbonyl (C=O) groups excluding carboxylic acids is 3. The molecule has 0 saturated carbocycles. The number of benzene rings is 2. The Morgan fingerprint density at radius 1 is 1.11 bits per heavy atom. The van der Waals surface area contributed by atoms with Crippen LogP contribution >= 0.6 is 27.3 Å². The van der Waals surface area contributed by atoms with Gasteiger partial charge in [0.05, 0.1) is 15.2 Å². The van der Waals surface area contributed by atoms with E-state index in [1.807, 2.05) is 42.5 Å². The molecular formula is C20H15BrN2O3S. The molecule has 136 valence electrons. The first-order valence-electron chi connectivity index (χ1n) is 8.31. The minimum Gasteiger partial charge on any atom is -0.319 e. The van der Waals surface area contributed by atoms with Gasteiger partial charge < -0.3 is 5.32 Å². The van der Waals surface area contributed by atoms with Gasteiger partial charge in [0.15, 0.2) is 5.78 Å². The molecule has 4 rings (SSSR count). The Morgan fingerprint density at radius 3 is 2.59 bits per heavy atom. The molecule has 1 fully saturated rings. The highest BCUT2D eigenvalue weighted by Gasteiger charge is 2.50. The molecule has 0 unspecified atom stereocenters. The molecule has 1 aromatic heterocycles. The number of nitrogens with zero attached hydrogens (tertiary/aromatic N) is 1. The summed E-state index contributed by atoms with van der Waals surface area (Å²) in [6.07, 6.45) is 0. The van der Waals surface area contributed by atoms with Gasteiger partial charge >= 0.3 is 6.03 Å². The van der Waals surface area contributed by atoms with Crippen molar-refractivity contribution in [1.29, 1.82) is 0 Å². The number of carbonyl (C=O) groups is 3. The molecule has 2 heterocycles. The fraction of sp³-hybridized carbons (Fsp3) is 0.150. The van der Waals surface area contributed by atoms with Crippen molar-refractivity contribution in [2.45, 2.75) is 12.5 Å². The molecular weight excluding hydrogens is 428 g/mol. The van der Waals surface area contributed by atoms with E-state index in [9.17, 15) is 14.4 Å². The molecule has 3 amide bonds. The normalized spacial score (nSPS) is 19.6. The lowest BCUT2D eigenvalue weighted by molar-refractivity contribution is -0.130. The number of Topliss-reactive ketones (excluding diaryl/α,β-unsaturated/α-hetero) is 1. The van der Waals surface area contributed by atoms with Crippen molar-refractivity contribution in [2.24, 2.45) is 0 Å². The molecule has 7 heteroatoms. The fourth-order valence-electron chi connectivity index (χ4n) is 3.37. The summed E-state index contributed by atoms with van der Waals surface area (Å²) in [6.45, 7) is 1.40. The van der Waals surface area contributed by atoms with Crippen LogP contribution < -0.4 is 5.32 Å². The van der Waals surface area contributed by atoms with E-state index in [1.165, 1.54) is 11.3 Å². The van der Waals surface area contributed by atoms with Gasteiger partial charge in [-0.05, 0) is 51.3 Å². The smallest absolute Gasteiger partial charge is 0.319 e. The number of ketones is 1. The first kappa shape index (κ1) is 17.9. The van der Waals surface area contributed by atoms with Gasteiger partial charge in [-0.15, -0.1) is 11.3 Å². The highest BCUT2D eigenvalue weighted by atomic mass is 79.9. The van der Waals surface area contributed by atoms with Crippen LogP contribution in [0.4, 0.5) is 4.79 Å². The third kappa shape index (κ3) is 2.96. The highest BCUT2D eigenvalue weighted by molar-refractivity contribution is 9.11. The Labute approximate surface area is 168 Å². The average molecular weight is 443 g/mol. The van der Waals surface area contributed by atoms with E-state index in [0.29, 0.717) is 10.4 Å². The maximum Gasteiger partial charge on any atom is 0.325 e. The zero-order chi connectivity index (χ0) is 19.2. The van der Waals surface area contributed by atoms with Gasteiger partial charge in [-0.2, -0.15) is 0 Å². The number of hydrogen-bond donors (Lipinski definition) is 1. The van der Waals surface area contributed by atoms with Crippen molar-refractivity contribution >= 4 is 55.8 Å². The summed E-state index contributed by atoms with van der Waals surface area (Å²) in [7, 11) is 0. The lowest BCUT2D eigenvalue weighted by Crippen LogP contribution is -2.41. The zero-order valence-electron chi connectivity index (χ0n) is 14.4. The Bertz CT molecular complexity index is 1090. The summed E-state index contributed by atoms with van der Waals surface area (Å²) in [4.78, 5) is 39.6. The van der Waals surface area contributed by atoms with Crippen LogP contribution in [0.2, 0.25) is 0 Å². The molecule has 3 aromatic rings. The van der Waals surface area contributed by atoms with Crippen LogP contribution in [0.1, 0.15) is 22.2 Å². The third-order valence-electron chi connectivity index (χ3n) is 4.75. The summed E-state index contributed by atoms with van der Waals surface area (Å²) in [5.74, 6) is -0.691. The second kappa shape index (κ2) is 6.58. The molecule has 0 bridgehead atoms. The third-order valence-corrected chi connectivity index (χ3v) is 6.42. The van der Waals surface area contributed by atoms with Gasteiger partial charge in [-0.1, -0.05) is 42.5 Å². The number of rotatable bonds is 4. The first-order chi connectivity index (χ1) is 12.9. The van der Waals surface area contributed by atoms with Gasteiger partial charge in [0.25, 0.3) is 5.91 Å². The van der Waals surface area contributed by atoms with E-state index in [1.54, 1.807) is 19.1 Å². The van der Waals surface area contributed by atoms with Crippen LogP contribution in [0.5, 0.6) is 0 Å². The van der Waals surface area contributed by atoms with Crippen molar-refractivity contribution in [3.05, 3.63) is 68.8 Å². The highest BCUT2D eigenvalue weighted by Crippen LogP contribution is 2.34. The molecule has 2 aromatic carbocycles. The molecule has 1 aliphatic rings. The largest absolute Gasteiger partial charge is 0.325 e. The minimum atomic E-state index is -1.21. The maximum atomic E-state index is 13.1. The lowest BCUT2D eigenvalue weighted by Gasteiger charge is -2.24.